The summed E-state index contributed by atoms with van der Waals surface area (Å²) in [4.78, 5) is 15.5. The second-order valence-corrected chi connectivity index (χ2v) is 11.1. The molecule has 4 rings (SSSR count). The summed E-state index contributed by atoms with van der Waals surface area (Å²) in [5, 5.41) is 3.00. The summed E-state index contributed by atoms with van der Waals surface area (Å²) in [5.41, 5.74) is 3.10. The number of sulfonamides is 1. The van der Waals surface area contributed by atoms with Gasteiger partial charge in [-0.2, -0.15) is 16.1 Å². The van der Waals surface area contributed by atoms with Crippen molar-refractivity contribution in [2.45, 2.75) is 29.9 Å². The summed E-state index contributed by atoms with van der Waals surface area (Å²) < 4.78 is 33.2. The lowest BCUT2D eigenvalue weighted by molar-refractivity contribution is 0.0730. The number of anilines is 2. The van der Waals surface area contributed by atoms with Crippen molar-refractivity contribution in [3.05, 3.63) is 53.6 Å². The van der Waals surface area contributed by atoms with Gasteiger partial charge in [-0.25, -0.2) is 8.42 Å². The lowest BCUT2D eigenvalue weighted by atomic mass is 10.1. The van der Waals surface area contributed by atoms with Crippen LogP contribution in [0.25, 0.3) is 0 Å². The van der Waals surface area contributed by atoms with Gasteiger partial charge in [-0.1, -0.05) is 12.1 Å². The molecule has 2 fully saturated rings. The molecule has 2 aromatic rings. The van der Waals surface area contributed by atoms with Crippen LogP contribution in [0.4, 0.5) is 11.4 Å². The van der Waals surface area contributed by atoms with Gasteiger partial charge in [0.05, 0.1) is 29.5 Å². The summed E-state index contributed by atoms with van der Waals surface area (Å²) in [6, 6.07) is 12.6. The molecule has 9 heteroatoms. The summed E-state index contributed by atoms with van der Waals surface area (Å²) in [5.74, 6) is 0.646. The van der Waals surface area contributed by atoms with Crippen LogP contribution < -0.4 is 10.2 Å². The minimum absolute atomic E-state index is 0.191. The monoisotopic (exact) mass is 489 g/mol. The Balaban J connectivity index is 1.64. The molecule has 33 heavy (non-hydrogen) atoms. The van der Waals surface area contributed by atoms with E-state index < -0.39 is 10.0 Å². The Hall–Kier alpha value is -2.07. The summed E-state index contributed by atoms with van der Waals surface area (Å²) in [6.07, 6.45) is 5.39. The van der Waals surface area contributed by atoms with Gasteiger partial charge in [0.25, 0.3) is 5.91 Å². The van der Waals surface area contributed by atoms with E-state index in [0.717, 1.165) is 42.9 Å². The highest BCUT2D eigenvalue weighted by Crippen LogP contribution is 2.32. The molecule has 0 bridgehead atoms. The van der Waals surface area contributed by atoms with E-state index in [1.807, 2.05) is 36.6 Å². The number of amides is 1. The van der Waals surface area contributed by atoms with Crippen LogP contribution in [0, 0.1) is 0 Å². The van der Waals surface area contributed by atoms with E-state index in [0.29, 0.717) is 37.6 Å². The lowest BCUT2D eigenvalue weighted by Gasteiger charge is -2.31. The highest BCUT2D eigenvalue weighted by atomic mass is 32.2. The van der Waals surface area contributed by atoms with Gasteiger partial charge in [-0.15, -0.1) is 0 Å². The Morgan fingerprint density at radius 3 is 2.36 bits per heavy atom. The number of benzene rings is 2. The molecular formula is C24H31N3O4S2. The third kappa shape index (κ3) is 5.71. The number of rotatable bonds is 7. The summed E-state index contributed by atoms with van der Waals surface area (Å²) in [7, 11) is -3.66. The van der Waals surface area contributed by atoms with Crippen LogP contribution in [-0.2, 0) is 20.5 Å². The number of hydrogen-bond acceptors (Lipinski definition) is 6. The first kappa shape index (κ1) is 24.1. The molecule has 1 N–H and O–H groups in total. The van der Waals surface area contributed by atoms with Crippen molar-refractivity contribution in [2.75, 3.05) is 55.9 Å². The average molecular weight is 490 g/mol. The molecule has 7 nitrogen and oxygen atoms in total. The zero-order chi connectivity index (χ0) is 23.3. The van der Waals surface area contributed by atoms with Crippen LogP contribution >= 0.6 is 11.8 Å². The topological polar surface area (TPSA) is 79.0 Å². The number of piperidine rings is 1. The van der Waals surface area contributed by atoms with E-state index in [1.54, 1.807) is 23.9 Å². The van der Waals surface area contributed by atoms with Crippen LogP contribution in [0.15, 0.2) is 47.4 Å². The van der Waals surface area contributed by atoms with Gasteiger partial charge in [-0.05, 0) is 61.4 Å². The lowest BCUT2D eigenvalue weighted by Crippen LogP contribution is -2.40. The Bertz CT molecular complexity index is 1060. The van der Waals surface area contributed by atoms with Crippen molar-refractivity contribution < 1.29 is 17.9 Å². The molecule has 178 valence electrons. The summed E-state index contributed by atoms with van der Waals surface area (Å²) in [6.45, 7) is 3.23. The zero-order valence-corrected chi connectivity index (χ0v) is 20.6. The molecule has 2 aliphatic rings. The van der Waals surface area contributed by atoms with Crippen LogP contribution in [0.1, 0.15) is 35.2 Å². The Kier molecular flexibility index (Phi) is 7.95. The SMILES string of the molecule is CSCc1ccc(C(=O)Nc2cc(S(=O)(=O)N3CCOCC3)ccc2N2CCCCC2)cc1. The Morgan fingerprint density at radius 1 is 1.00 bits per heavy atom. The number of hydrogen-bond donors (Lipinski definition) is 1. The number of thioether (sulfide) groups is 1. The van der Waals surface area contributed by atoms with Crippen LogP contribution in [0.3, 0.4) is 0 Å². The van der Waals surface area contributed by atoms with Crippen molar-refractivity contribution in [1.82, 2.24) is 4.31 Å². The predicted molar refractivity (Wildman–Crippen MR) is 134 cm³/mol. The fourth-order valence-corrected chi connectivity index (χ4v) is 6.20. The second-order valence-electron chi connectivity index (χ2n) is 8.33. The largest absolute Gasteiger partial charge is 0.379 e. The molecule has 0 spiro atoms. The fourth-order valence-electron chi connectivity index (χ4n) is 4.24. The third-order valence-corrected chi connectivity index (χ3v) is 8.56. The standard InChI is InChI=1S/C24H31N3O4S2/c1-32-18-19-5-7-20(8-6-19)24(28)25-22-17-21(33(29,30)27-13-15-31-16-14-27)9-10-23(22)26-11-3-2-4-12-26/h5-10,17H,2-4,11-16,18H2,1H3,(H,25,28). The van der Waals surface area contributed by atoms with E-state index in [9.17, 15) is 13.2 Å². The first-order chi connectivity index (χ1) is 16.0. The average Bonchev–Trinajstić information content (AvgIpc) is 2.85. The first-order valence-electron chi connectivity index (χ1n) is 11.3. The zero-order valence-electron chi connectivity index (χ0n) is 19.0. The maximum atomic E-state index is 13.2. The molecule has 0 atom stereocenters. The number of carbonyl (C=O) groups is 1. The minimum Gasteiger partial charge on any atom is -0.379 e. The van der Waals surface area contributed by atoms with Gasteiger partial charge in [0.2, 0.25) is 10.0 Å². The third-order valence-electron chi connectivity index (χ3n) is 6.05. The van der Waals surface area contributed by atoms with Gasteiger partial charge < -0.3 is 15.0 Å². The number of nitrogens with one attached hydrogen (secondary N) is 1. The van der Waals surface area contributed by atoms with E-state index in [4.69, 9.17) is 4.74 Å². The smallest absolute Gasteiger partial charge is 0.255 e. The van der Waals surface area contributed by atoms with Crippen molar-refractivity contribution >= 4 is 39.1 Å². The van der Waals surface area contributed by atoms with E-state index in [-0.39, 0.29) is 10.8 Å². The molecular weight excluding hydrogens is 458 g/mol. The van der Waals surface area contributed by atoms with Crippen molar-refractivity contribution in [1.29, 1.82) is 0 Å². The van der Waals surface area contributed by atoms with Gasteiger partial charge >= 0.3 is 0 Å². The molecule has 2 saturated heterocycles. The van der Waals surface area contributed by atoms with Crippen molar-refractivity contribution in [2.24, 2.45) is 0 Å². The maximum Gasteiger partial charge on any atom is 0.255 e. The number of nitrogens with zero attached hydrogens (tertiary/aromatic N) is 2. The van der Waals surface area contributed by atoms with Crippen molar-refractivity contribution in [3.63, 3.8) is 0 Å². The quantitative estimate of drug-likeness (QED) is 0.637. The van der Waals surface area contributed by atoms with E-state index in [1.165, 1.54) is 10.7 Å². The molecule has 2 heterocycles. The fraction of sp³-hybridized carbons (Fsp3) is 0.458. The van der Waals surface area contributed by atoms with E-state index >= 15 is 0 Å². The second kappa shape index (κ2) is 10.9. The molecule has 2 aromatic carbocycles. The first-order valence-corrected chi connectivity index (χ1v) is 14.2. The number of morpholine rings is 1. The molecule has 0 aliphatic carbocycles. The van der Waals surface area contributed by atoms with Crippen molar-refractivity contribution in [3.8, 4) is 0 Å². The molecule has 0 aromatic heterocycles. The molecule has 0 saturated carbocycles. The van der Waals surface area contributed by atoms with Gasteiger partial charge in [-0.3, -0.25) is 4.79 Å². The van der Waals surface area contributed by atoms with Gasteiger partial charge in [0, 0.05) is 37.5 Å². The molecule has 2 aliphatic heterocycles. The Morgan fingerprint density at radius 2 is 1.70 bits per heavy atom. The summed E-state index contributed by atoms with van der Waals surface area (Å²) >= 11 is 1.73. The number of carbonyl (C=O) groups excluding carboxylic acids is 1. The van der Waals surface area contributed by atoms with E-state index in [2.05, 4.69) is 10.2 Å². The highest BCUT2D eigenvalue weighted by molar-refractivity contribution is 7.97. The van der Waals surface area contributed by atoms with Gasteiger partial charge in [0.1, 0.15) is 0 Å². The van der Waals surface area contributed by atoms with Crippen LogP contribution in [0.2, 0.25) is 0 Å². The predicted octanol–water partition coefficient (Wildman–Crippen LogP) is 3.81. The Labute approximate surface area is 200 Å². The van der Waals surface area contributed by atoms with Crippen LogP contribution in [-0.4, -0.2) is 64.3 Å². The van der Waals surface area contributed by atoms with Crippen LogP contribution in [0.5, 0.6) is 0 Å². The molecule has 0 radical (unpaired) electrons. The molecule has 0 unspecified atom stereocenters. The maximum absolute atomic E-state index is 13.2. The number of ether oxygens (including phenoxy) is 1. The minimum atomic E-state index is -3.66. The van der Waals surface area contributed by atoms with Gasteiger partial charge in [0.15, 0.2) is 0 Å². The normalized spacial score (nSPS) is 17.7. The highest BCUT2D eigenvalue weighted by Gasteiger charge is 2.28. The molecule has 1 amide bonds.